The number of fused-ring (bicyclic) bond motifs is 1. The summed E-state index contributed by atoms with van der Waals surface area (Å²) in [5.41, 5.74) is 0.882. The lowest BCUT2D eigenvalue weighted by molar-refractivity contribution is -0.150. The minimum Gasteiger partial charge on any atom is -0.497 e. The van der Waals surface area contributed by atoms with Gasteiger partial charge in [-0.2, -0.15) is 0 Å². The zero-order chi connectivity index (χ0) is 43.9. The topological polar surface area (TPSA) is 186 Å². The van der Waals surface area contributed by atoms with Gasteiger partial charge in [0.1, 0.15) is 29.2 Å². The van der Waals surface area contributed by atoms with Gasteiger partial charge in [-0.15, -0.1) is 6.58 Å². The first-order valence-electron chi connectivity index (χ1n) is 20.2. The Morgan fingerprint density at radius 2 is 1.70 bits per heavy atom. The minimum atomic E-state index is -3.94. The summed E-state index contributed by atoms with van der Waals surface area (Å²) in [4.78, 5) is 64.6. The number of rotatable bonds is 14. The van der Waals surface area contributed by atoms with Crippen molar-refractivity contribution in [3.8, 4) is 22.8 Å². The zero-order valence-electron chi connectivity index (χ0n) is 35.1. The number of methoxy groups -OCH3 is 1. The number of sulfonamides is 1. The van der Waals surface area contributed by atoms with E-state index in [0.29, 0.717) is 46.6 Å². The van der Waals surface area contributed by atoms with Crippen LogP contribution in [0.3, 0.4) is 0 Å². The number of nitrogens with zero attached hydrogens (tertiary/aromatic N) is 3. The molecule has 61 heavy (non-hydrogen) atoms. The molecule has 4 amide bonds. The number of hydrogen-bond acceptors (Lipinski definition) is 11. The van der Waals surface area contributed by atoms with E-state index >= 15 is 0 Å². The molecule has 0 spiro atoms. The van der Waals surface area contributed by atoms with Crippen LogP contribution in [0.1, 0.15) is 46.5 Å². The summed E-state index contributed by atoms with van der Waals surface area (Å²) in [6.45, 7) is 8.94. The van der Waals surface area contributed by atoms with Crippen LogP contribution in [0.15, 0.2) is 91.5 Å². The van der Waals surface area contributed by atoms with Gasteiger partial charge in [0.05, 0.1) is 30.1 Å². The molecule has 3 aromatic carbocycles. The molecule has 4 aromatic rings. The number of carbonyl (C=O) groups is 4. The summed E-state index contributed by atoms with van der Waals surface area (Å²) < 4.78 is 45.9. The monoisotopic (exact) mass is 852 g/mol. The van der Waals surface area contributed by atoms with Gasteiger partial charge < -0.3 is 29.3 Å². The van der Waals surface area contributed by atoms with E-state index in [-0.39, 0.29) is 19.4 Å². The molecular weight excluding hydrogens is 801 g/mol. The van der Waals surface area contributed by atoms with Crippen LogP contribution in [0.4, 0.5) is 16.2 Å². The van der Waals surface area contributed by atoms with Gasteiger partial charge in [0.2, 0.25) is 15.9 Å². The lowest BCUT2D eigenvalue weighted by Gasteiger charge is -2.34. The molecule has 16 heteroatoms. The lowest BCUT2D eigenvalue weighted by Crippen LogP contribution is -2.58. The highest BCUT2D eigenvalue weighted by atomic mass is 32.2. The largest absolute Gasteiger partial charge is 0.497 e. The maximum atomic E-state index is 14.8. The Balaban J connectivity index is 1.20. The Bertz CT molecular complexity index is 2450. The fraction of sp³-hybridized carbons (Fsp3) is 0.400. The molecule has 1 aromatic heterocycles. The van der Waals surface area contributed by atoms with Crippen LogP contribution in [-0.2, 0) is 29.1 Å². The number of aromatic nitrogens is 1. The first kappa shape index (κ1) is 42.9. The van der Waals surface area contributed by atoms with Gasteiger partial charge in [-0.25, -0.2) is 18.2 Å². The third-order valence-corrected chi connectivity index (χ3v) is 13.1. The molecule has 2 aliphatic carbocycles. The molecule has 0 bridgehead atoms. The number of anilines is 2. The SMILES string of the molecule is C=C[C@H]1C[C@]1(NC(=O)[C@@H]1CC(Oc2cc(-c3ccccc3)nc3cc(OC)ccc23)CN1C(=O)[C@@H](OC(=O)Nc1ccc(N(C)C)cc1)C(C)(C)C)C(=O)NS(=O)(=O)C1CC1. The van der Waals surface area contributed by atoms with Crippen molar-refractivity contribution in [3.63, 3.8) is 0 Å². The highest BCUT2D eigenvalue weighted by Gasteiger charge is 2.62. The number of benzene rings is 3. The third-order valence-electron chi connectivity index (χ3n) is 11.3. The van der Waals surface area contributed by atoms with E-state index in [4.69, 9.17) is 19.2 Å². The number of likely N-dealkylation sites (tertiary alicyclic amines) is 1. The van der Waals surface area contributed by atoms with Crippen LogP contribution >= 0.6 is 0 Å². The molecule has 1 saturated heterocycles. The molecule has 1 aliphatic heterocycles. The van der Waals surface area contributed by atoms with E-state index in [9.17, 15) is 27.6 Å². The highest BCUT2D eigenvalue weighted by molar-refractivity contribution is 7.91. The van der Waals surface area contributed by atoms with Crippen LogP contribution in [0.25, 0.3) is 22.2 Å². The van der Waals surface area contributed by atoms with Crippen molar-refractivity contribution in [1.82, 2.24) is 19.9 Å². The predicted molar refractivity (Wildman–Crippen MR) is 232 cm³/mol. The molecule has 15 nitrogen and oxygen atoms in total. The molecule has 1 unspecified atom stereocenters. The van der Waals surface area contributed by atoms with Gasteiger partial charge in [-0.3, -0.25) is 24.4 Å². The summed E-state index contributed by atoms with van der Waals surface area (Å²) in [5.74, 6) is -1.73. The quantitative estimate of drug-likeness (QED) is 0.133. The van der Waals surface area contributed by atoms with Crippen LogP contribution in [0.5, 0.6) is 11.5 Å². The Morgan fingerprint density at radius 1 is 1.00 bits per heavy atom. The predicted octanol–water partition coefficient (Wildman–Crippen LogP) is 5.66. The van der Waals surface area contributed by atoms with Crippen LogP contribution in [0, 0.1) is 11.3 Å². The number of carbonyl (C=O) groups excluding carboxylic acids is 4. The standard InChI is InChI=1S/C45H52N6O9S/c1-8-28-25-45(28,42(54)49-61(56,57)33-19-20-33)48-40(52)37-23-32(59-38-24-35(27-12-10-9-11-13-27)47-36-22-31(58-7)18-21-34(36)38)26-51(37)41(53)39(44(2,3)4)60-43(55)46-29-14-16-30(17-15-29)50(5)6/h8-18,21-22,24,28,32-33,37,39H,1,19-20,23,25-26H2,2-7H3,(H,46,55)(H,48,52)(H,49,54)/t28-,32?,37-,39+,45+/m0/s1. The maximum Gasteiger partial charge on any atom is 0.412 e. The summed E-state index contributed by atoms with van der Waals surface area (Å²) in [6.07, 6.45) is -0.526. The second-order valence-electron chi connectivity index (χ2n) is 17.1. The van der Waals surface area contributed by atoms with E-state index in [1.165, 1.54) is 11.0 Å². The van der Waals surface area contributed by atoms with Gasteiger partial charge in [-0.1, -0.05) is 57.2 Å². The van der Waals surface area contributed by atoms with Gasteiger partial charge in [-0.05, 0) is 55.7 Å². The third kappa shape index (κ3) is 9.28. The molecule has 5 atom stereocenters. The molecule has 3 aliphatic rings. The normalized spacial score (nSPS) is 21.5. The van der Waals surface area contributed by atoms with Crippen molar-refractivity contribution >= 4 is 56.1 Å². The first-order valence-corrected chi connectivity index (χ1v) is 21.7. The van der Waals surface area contributed by atoms with Crippen molar-refractivity contribution in [2.24, 2.45) is 11.3 Å². The summed E-state index contributed by atoms with van der Waals surface area (Å²) in [7, 11) is 1.42. The van der Waals surface area contributed by atoms with Crippen LogP contribution in [-0.4, -0.2) is 98.9 Å². The van der Waals surface area contributed by atoms with Gasteiger partial charge in [0.25, 0.3) is 11.8 Å². The molecule has 7 rings (SSSR count). The number of hydrogen-bond donors (Lipinski definition) is 3. The van der Waals surface area contributed by atoms with Crippen molar-refractivity contribution in [2.45, 2.75) is 75.5 Å². The fourth-order valence-electron chi connectivity index (χ4n) is 7.58. The van der Waals surface area contributed by atoms with Crippen molar-refractivity contribution in [3.05, 3.63) is 91.5 Å². The minimum absolute atomic E-state index is 0.0175. The molecule has 3 N–H and O–H groups in total. The Kier molecular flexibility index (Phi) is 11.8. The molecule has 2 heterocycles. The molecule has 3 fully saturated rings. The highest BCUT2D eigenvalue weighted by Crippen LogP contribution is 2.46. The molecular formula is C45H52N6O9S. The number of nitrogens with one attached hydrogen (secondary N) is 3. The van der Waals surface area contributed by atoms with Gasteiger partial charge in [0.15, 0.2) is 6.10 Å². The molecule has 322 valence electrons. The number of ether oxygens (including phenoxy) is 3. The van der Waals surface area contributed by atoms with E-state index < -0.39 is 74.2 Å². The molecule has 2 saturated carbocycles. The summed E-state index contributed by atoms with van der Waals surface area (Å²) in [6, 6.07) is 22.6. The molecule has 0 radical (unpaired) electrons. The number of pyridine rings is 1. The zero-order valence-corrected chi connectivity index (χ0v) is 36.0. The van der Waals surface area contributed by atoms with Crippen LogP contribution < -0.4 is 29.7 Å². The lowest BCUT2D eigenvalue weighted by atomic mass is 9.88. The average molecular weight is 853 g/mol. The van der Waals surface area contributed by atoms with E-state index in [1.807, 2.05) is 67.5 Å². The van der Waals surface area contributed by atoms with Gasteiger partial charge >= 0.3 is 6.09 Å². The second kappa shape index (κ2) is 16.7. The summed E-state index contributed by atoms with van der Waals surface area (Å²) in [5, 5.41) is 5.51. The summed E-state index contributed by atoms with van der Waals surface area (Å²) >= 11 is 0. The second-order valence-corrected chi connectivity index (χ2v) is 19.1. The van der Waals surface area contributed by atoms with Crippen molar-refractivity contribution < 1.29 is 41.8 Å². The first-order chi connectivity index (χ1) is 28.9. The Labute approximate surface area is 355 Å². The van der Waals surface area contributed by atoms with Gasteiger partial charge in [0, 0.05) is 66.3 Å². The van der Waals surface area contributed by atoms with E-state index in [1.54, 1.807) is 58.2 Å². The van der Waals surface area contributed by atoms with Crippen molar-refractivity contribution in [2.75, 3.05) is 38.0 Å². The Hall–Kier alpha value is -6.16. The van der Waals surface area contributed by atoms with Crippen molar-refractivity contribution in [1.29, 1.82) is 0 Å². The van der Waals surface area contributed by atoms with E-state index in [0.717, 1.165) is 11.3 Å². The fourth-order valence-corrected chi connectivity index (χ4v) is 8.94. The number of amides is 4. The maximum absolute atomic E-state index is 14.8. The van der Waals surface area contributed by atoms with Crippen LogP contribution in [0.2, 0.25) is 0 Å². The van der Waals surface area contributed by atoms with E-state index in [2.05, 4.69) is 21.9 Å². The smallest absolute Gasteiger partial charge is 0.412 e. The Morgan fingerprint density at radius 3 is 2.31 bits per heavy atom. The average Bonchev–Trinajstić information content (AvgIpc) is 4.16.